The van der Waals surface area contributed by atoms with Crippen molar-refractivity contribution in [3.63, 3.8) is 0 Å². The van der Waals surface area contributed by atoms with Gasteiger partial charge in [0.2, 0.25) is 5.13 Å². The number of rotatable bonds is 5. The number of nitrogens with zero attached hydrogens (tertiary/aromatic N) is 5. The van der Waals surface area contributed by atoms with E-state index in [2.05, 4.69) is 16.0 Å². The van der Waals surface area contributed by atoms with Gasteiger partial charge in [0.05, 0.1) is 0 Å². The van der Waals surface area contributed by atoms with Gasteiger partial charge in [0.1, 0.15) is 28.3 Å². The van der Waals surface area contributed by atoms with Crippen molar-refractivity contribution in [1.82, 2.24) is 14.6 Å². The zero-order valence-electron chi connectivity index (χ0n) is 13.4. The van der Waals surface area contributed by atoms with Crippen molar-refractivity contribution in [1.29, 1.82) is 5.26 Å². The molecule has 5 nitrogen and oxygen atoms in total. The Bertz CT molecular complexity index is 875. The van der Waals surface area contributed by atoms with Gasteiger partial charge in [0.15, 0.2) is 0 Å². The summed E-state index contributed by atoms with van der Waals surface area (Å²) >= 11 is 1.32. The lowest BCUT2D eigenvalue weighted by atomic mass is 10.1. The number of imidazole rings is 1. The highest BCUT2D eigenvalue weighted by atomic mass is 32.1. The molecule has 2 heterocycles. The van der Waals surface area contributed by atoms with Gasteiger partial charge >= 0.3 is 0 Å². The van der Waals surface area contributed by atoms with E-state index in [1.54, 1.807) is 18.3 Å². The monoisotopic (exact) mass is 341 g/mol. The van der Waals surface area contributed by atoms with E-state index in [4.69, 9.17) is 0 Å². The molecule has 2 aromatic heterocycles. The summed E-state index contributed by atoms with van der Waals surface area (Å²) in [6, 6.07) is 8.22. The van der Waals surface area contributed by atoms with Crippen LogP contribution in [0.5, 0.6) is 0 Å². The van der Waals surface area contributed by atoms with Crippen LogP contribution in [0.15, 0.2) is 36.7 Å². The molecule has 0 fully saturated rings. The number of anilines is 1. The fourth-order valence-corrected chi connectivity index (χ4v) is 3.43. The second-order valence-electron chi connectivity index (χ2n) is 5.05. The number of aryl methyl sites for hydroxylation is 1. The Hall–Kier alpha value is -2.72. The third-order valence-electron chi connectivity index (χ3n) is 3.63. The fraction of sp³-hybridized carbons (Fsp3) is 0.235. The number of benzene rings is 1. The normalized spacial score (nSPS) is 10.6. The highest BCUT2D eigenvalue weighted by Gasteiger charge is 2.19. The topological polar surface area (TPSA) is 57.7 Å². The Morgan fingerprint density at radius 3 is 2.67 bits per heavy atom. The van der Waals surface area contributed by atoms with Gasteiger partial charge in [0, 0.05) is 30.9 Å². The minimum atomic E-state index is -0.311. The first kappa shape index (κ1) is 16.1. The molecule has 7 heteroatoms. The highest BCUT2D eigenvalue weighted by Crippen LogP contribution is 2.33. The Kier molecular flexibility index (Phi) is 4.58. The molecule has 0 aliphatic heterocycles. The van der Waals surface area contributed by atoms with Gasteiger partial charge in [-0.1, -0.05) is 18.3 Å². The summed E-state index contributed by atoms with van der Waals surface area (Å²) in [6.07, 6.45) is 4.43. The molecule has 0 bridgehead atoms. The zero-order chi connectivity index (χ0) is 17.1. The summed E-state index contributed by atoms with van der Waals surface area (Å²) in [5.41, 5.74) is 1.31. The van der Waals surface area contributed by atoms with Crippen LogP contribution in [-0.2, 0) is 6.42 Å². The van der Waals surface area contributed by atoms with Crippen LogP contribution in [-0.4, -0.2) is 21.2 Å². The molecule has 0 radical (unpaired) electrons. The molecule has 0 atom stereocenters. The summed E-state index contributed by atoms with van der Waals surface area (Å²) in [6.45, 7) is 4.74. The van der Waals surface area contributed by atoms with E-state index in [-0.39, 0.29) is 5.82 Å². The van der Waals surface area contributed by atoms with Gasteiger partial charge in [-0.15, -0.1) is 0 Å². The van der Waals surface area contributed by atoms with Gasteiger partial charge < -0.3 is 0 Å². The van der Waals surface area contributed by atoms with E-state index in [0.29, 0.717) is 22.2 Å². The maximum atomic E-state index is 13.1. The van der Waals surface area contributed by atoms with Crippen LogP contribution >= 0.6 is 11.3 Å². The number of nitriles is 1. The maximum Gasteiger partial charge on any atom is 0.206 e. The van der Waals surface area contributed by atoms with E-state index in [9.17, 15) is 9.65 Å². The molecular weight excluding hydrogens is 325 g/mol. The Morgan fingerprint density at radius 2 is 2.04 bits per heavy atom. The minimum Gasteiger partial charge on any atom is -0.254 e. The zero-order valence-corrected chi connectivity index (χ0v) is 14.2. The van der Waals surface area contributed by atoms with Crippen molar-refractivity contribution in [3.8, 4) is 17.3 Å². The molecule has 1 aromatic carbocycles. The van der Waals surface area contributed by atoms with Crippen LogP contribution in [0, 0.1) is 17.1 Å². The number of hydrogen-bond donors (Lipinski definition) is 0. The van der Waals surface area contributed by atoms with E-state index in [1.807, 2.05) is 29.7 Å². The lowest BCUT2D eigenvalue weighted by Crippen LogP contribution is -2.30. The molecule has 3 aromatic rings. The summed E-state index contributed by atoms with van der Waals surface area (Å²) in [5.74, 6) is 0.614. The predicted molar refractivity (Wildman–Crippen MR) is 92.2 cm³/mol. The van der Waals surface area contributed by atoms with Crippen molar-refractivity contribution in [2.75, 3.05) is 11.6 Å². The first-order chi connectivity index (χ1) is 11.7. The Morgan fingerprint density at radius 1 is 1.29 bits per heavy atom. The number of aromatic nitrogens is 3. The lowest BCUT2D eigenvalue weighted by molar-refractivity contribution is 0.628. The van der Waals surface area contributed by atoms with Gasteiger partial charge in [0.25, 0.3) is 0 Å². The van der Waals surface area contributed by atoms with E-state index in [1.165, 1.54) is 23.5 Å². The van der Waals surface area contributed by atoms with Gasteiger partial charge in [-0.05, 0) is 31.2 Å². The van der Waals surface area contributed by atoms with Crippen LogP contribution in [0.1, 0.15) is 24.5 Å². The minimum absolute atomic E-state index is 0.311. The highest BCUT2D eigenvalue weighted by molar-refractivity contribution is 7.16. The Balaban J connectivity index is 2.06. The molecule has 24 heavy (non-hydrogen) atoms. The number of thiazole rings is 1. The summed E-state index contributed by atoms with van der Waals surface area (Å²) in [7, 11) is 0. The number of halogens is 1. The SMILES string of the molecule is CCc1nccn1N(CC)c1nc(-c2ccc(F)cc2)c(C#N)s1. The summed E-state index contributed by atoms with van der Waals surface area (Å²) in [4.78, 5) is 9.48. The molecule has 0 spiro atoms. The fourth-order valence-electron chi connectivity index (χ4n) is 2.48. The van der Waals surface area contributed by atoms with Gasteiger partial charge in [-0.2, -0.15) is 5.26 Å². The van der Waals surface area contributed by atoms with E-state index < -0.39 is 0 Å². The first-order valence-electron chi connectivity index (χ1n) is 7.64. The van der Waals surface area contributed by atoms with E-state index >= 15 is 0 Å². The molecule has 122 valence electrons. The predicted octanol–water partition coefficient (Wildman–Crippen LogP) is 3.87. The lowest BCUT2D eigenvalue weighted by Gasteiger charge is -2.22. The Labute approximate surface area is 143 Å². The smallest absolute Gasteiger partial charge is 0.206 e. The quantitative estimate of drug-likeness (QED) is 0.707. The number of hydrogen-bond acceptors (Lipinski definition) is 5. The third-order valence-corrected chi connectivity index (χ3v) is 4.60. The van der Waals surface area contributed by atoms with Crippen molar-refractivity contribution in [3.05, 3.63) is 53.2 Å². The molecule has 0 saturated carbocycles. The largest absolute Gasteiger partial charge is 0.254 e. The van der Waals surface area contributed by atoms with Crippen molar-refractivity contribution in [2.45, 2.75) is 20.3 Å². The van der Waals surface area contributed by atoms with Gasteiger partial charge in [-0.25, -0.2) is 19.0 Å². The molecule has 0 aliphatic rings. The first-order valence-corrected chi connectivity index (χ1v) is 8.46. The molecule has 0 unspecified atom stereocenters. The second-order valence-corrected chi connectivity index (χ2v) is 6.03. The maximum absolute atomic E-state index is 13.1. The standard InChI is InChI=1S/C17H16FN5S/c1-3-15-20-9-10-23(15)22(4-2)17-21-16(14(11-19)24-17)12-5-7-13(18)8-6-12/h5-10H,3-4H2,1-2H3. The van der Waals surface area contributed by atoms with Gasteiger partial charge in [-0.3, -0.25) is 5.01 Å². The van der Waals surface area contributed by atoms with Crippen LogP contribution in [0.4, 0.5) is 9.52 Å². The van der Waals surface area contributed by atoms with Crippen molar-refractivity contribution >= 4 is 16.5 Å². The van der Waals surface area contributed by atoms with Crippen LogP contribution < -0.4 is 5.01 Å². The molecule has 0 N–H and O–H groups in total. The molecule has 0 saturated heterocycles. The second kappa shape index (κ2) is 6.81. The van der Waals surface area contributed by atoms with Crippen LogP contribution in [0.25, 0.3) is 11.3 Å². The summed E-state index contributed by atoms with van der Waals surface area (Å²) in [5, 5.41) is 12.1. The molecule has 3 rings (SSSR count). The van der Waals surface area contributed by atoms with Crippen molar-refractivity contribution < 1.29 is 4.39 Å². The van der Waals surface area contributed by atoms with Crippen LogP contribution in [0.2, 0.25) is 0 Å². The average Bonchev–Trinajstić information content (AvgIpc) is 3.23. The molecule has 0 amide bonds. The molecular formula is C17H16FN5S. The van der Waals surface area contributed by atoms with Crippen molar-refractivity contribution in [2.24, 2.45) is 0 Å². The summed E-state index contributed by atoms with van der Waals surface area (Å²) < 4.78 is 15.1. The van der Waals surface area contributed by atoms with Crippen LogP contribution in [0.3, 0.4) is 0 Å². The third kappa shape index (κ3) is 2.88. The molecule has 0 aliphatic carbocycles. The van der Waals surface area contributed by atoms with E-state index in [0.717, 1.165) is 17.8 Å². The average molecular weight is 341 g/mol.